The van der Waals surface area contributed by atoms with Crippen LogP contribution in [0.25, 0.3) is 11.0 Å². The molecule has 0 saturated carbocycles. The minimum absolute atomic E-state index is 0.0101. The van der Waals surface area contributed by atoms with Crippen molar-refractivity contribution in [2.45, 2.75) is 5.16 Å². The average molecular weight is 435 g/mol. The van der Waals surface area contributed by atoms with Crippen LogP contribution < -0.4 is 10.2 Å². The van der Waals surface area contributed by atoms with Gasteiger partial charge in [-0.15, -0.1) is 0 Å². The number of hydrazone groups is 1. The number of aromatic amines is 1. The molecule has 0 unspecified atom stereocenters. The first-order valence-electron chi connectivity index (χ1n) is 7.53. The number of fused-ring (bicyclic) bond motifs is 1. The molecule has 0 saturated heterocycles. The van der Waals surface area contributed by atoms with Crippen LogP contribution in [0.5, 0.6) is 11.5 Å². The lowest BCUT2D eigenvalue weighted by Gasteiger charge is -2.06. The van der Waals surface area contributed by atoms with Crippen molar-refractivity contribution in [3.63, 3.8) is 0 Å². The minimum Gasteiger partial charge on any atom is -0.503 e. The second-order valence-corrected chi connectivity index (χ2v) is 7.01. The number of methoxy groups -OCH3 is 1. The molecule has 3 aromatic rings. The molecule has 0 atom stereocenters. The van der Waals surface area contributed by atoms with Gasteiger partial charge in [0.2, 0.25) is 0 Å². The molecular weight excluding hydrogens is 420 g/mol. The standard InChI is InChI=1S/C17H15BrN4O3S/c1-25-14-7-10(6-11(18)16(14)24)8-19-22-15(23)9-26-17-20-12-4-2-3-5-13(12)21-17/h2-8,24H,9H2,1H3,(H,20,21)(H,22,23)/b19-8+. The fourth-order valence-electron chi connectivity index (χ4n) is 2.17. The fourth-order valence-corrected chi connectivity index (χ4v) is 3.30. The number of carbonyl (C=O) groups is 1. The number of halogens is 1. The summed E-state index contributed by atoms with van der Waals surface area (Å²) in [4.78, 5) is 19.4. The number of nitrogens with zero attached hydrogens (tertiary/aromatic N) is 2. The van der Waals surface area contributed by atoms with E-state index in [2.05, 4.69) is 36.4 Å². The zero-order valence-corrected chi connectivity index (χ0v) is 16.1. The summed E-state index contributed by atoms with van der Waals surface area (Å²) in [6.07, 6.45) is 1.47. The molecule has 1 aromatic heterocycles. The highest BCUT2D eigenvalue weighted by Gasteiger charge is 2.08. The van der Waals surface area contributed by atoms with E-state index in [9.17, 15) is 9.90 Å². The van der Waals surface area contributed by atoms with Gasteiger partial charge in [-0.05, 0) is 45.8 Å². The third-order valence-electron chi connectivity index (χ3n) is 3.38. The van der Waals surface area contributed by atoms with Crippen molar-refractivity contribution in [3.05, 3.63) is 46.4 Å². The van der Waals surface area contributed by atoms with Crippen molar-refractivity contribution < 1.29 is 14.6 Å². The summed E-state index contributed by atoms with van der Waals surface area (Å²) >= 11 is 4.53. The van der Waals surface area contributed by atoms with Crippen LogP contribution in [0, 0.1) is 0 Å². The predicted molar refractivity (Wildman–Crippen MR) is 105 cm³/mol. The number of imidazole rings is 1. The Balaban J connectivity index is 1.55. The molecule has 0 fully saturated rings. The highest BCUT2D eigenvalue weighted by Crippen LogP contribution is 2.34. The lowest BCUT2D eigenvalue weighted by molar-refractivity contribution is -0.118. The molecule has 134 valence electrons. The summed E-state index contributed by atoms with van der Waals surface area (Å²) in [5.41, 5.74) is 4.91. The van der Waals surface area contributed by atoms with E-state index >= 15 is 0 Å². The Bertz CT molecular complexity index is 941. The van der Waals surface area contributed by atoms with E-state index in [4.69, 9.17) is 4.74 Å². The van der Waals surface area contributed by atoms with E-state index in [0.29, 0.717) is 20.9 Å². The number of H-pyrrole nitrogens is 1. The summed E-state index contributed by atoms with van der Waals surface area (Å²) in [5.74, 6) is 0.250. The molecule has 9 heteroatoms. The van der Waals surface area contributed by atoms with Gasteiger partial charge in [-0.1, -0.05) is 23.9 Å². The fraction of sp³-hybridized carbons (Fsp3) is 0.118. The summed E-state index contributed by atoms with van der Waals surface area (Å²) in [7, 11) is 1.46. The number of rotatable bonds is 6. The Morgan fingerprint density at radius 1 is 1.46 bits per heavy atom. The first kappa shape index (κ1) is 18.3. The SMILES string of the molecule is COc1cc(/C=N/NC(=O)CSc2nc3ccccc3[nH]2)cc(Br)c1O. The maximum Gasteiger partial charge on any atom is 0.250 e. The van der Waals surface area contributed by atoms with Crippen molar-refractivity contribution in [1.29, 1.82) is 0 Å². The molecule has 0 bridgehead atoms. The lowest BCUT2D eigenvalue weighted by atomic mass is 10.2. The Labute approximate surface area is 162 Å². The van der Waals surface area contributed by atoms with Gasteiger partial charge in [-0.2, -0.15) is 5.10 Å². The van der Waals surface area contributed by atoms with E-state index in [1.165, 1.54) is 25.1 Å². The van der Waals surface area contributed by atoms with Crippen LogP contribution in [-0.2, 0) is 4.79 Å². The Morgan fingerprint density at radius 3 is 3.04 bits per heavy atom. The Hall–Kier alpha value is -2.52. The monoisotopic (exact) mass is 434 g/mol. The van der Waals surface area contributed by atoms with Gasteiger partial charge in [-0.3, -0.25) is 4.79 Å². The number of nitrogens with one attached hydrogen (secondary N) is 2. The van der Waals surface area contributed by atoms with Gasteiger partial charge >= 0.3 is 0 Å². The third kappa shape index (κ3) is 4.36. The van der Waals surface area contributed by atoms with Crippen LogP contribution in [0.2, 0.25) is 0 Å². The predicted octanol–water partition coefficient (Wildman–Crippen LogP) is 3.28. The molecule has 1 amide bonds. The highest BCUT2D eigenvalue weighted by molar-refractivity contribution is 9.10. The molecule has 1 heterocycles. The molecule has 26 heavy (non-hydrogen) atoms. The van der Waals surface area contributed by atoms with E-state index in [1.54, 1.807) is 12.1 Å². The molecule has 3 N–H and O–H groups in total. The van der Waals surface area contributed by atoms with Gasteiger partial charge in [-0.25, -0.2) is 10.4 Å². The van der Waals surface area contributed by atoms with Gasteiger partial charge in [0.15, 0.2) is 16.7 Å². The van der Waals surface area contributed by atoms with Crippen LogP contribution in [0.3, 0.4) is 0 Å². The van der Waals surface area contributed by atoms with Crippen molar-refractivity contribution in [1.82, 2.24) is 15.4 Å². The molecule has 3 rings (SSSR count). The maximum absolute atomic E-state index is 11.9. The van der Waals surface area contributed by atoms with Crippen LogP contribution in [-0.4, -0.2) is 40.1 Å². The summed E-state index contributed by atoms with van der Waals surface area (Å²) in [6, 6.07) is 10.9. The van der Waals surface area contributed by atoms with Gasteiger partial charge in [0.05, 0.1) is 34.6 Å². The molecule has 0 aliphatic rings. The highest BCUT2D eigenvalue weighted by atomic mass is 79.9. The van der Waals surface area contributed by atoms with Crippen molar-refractivity contribution >= 4 is 50.8 Å². The van der Waals surface area contributed by atoms with E-state index in [-0.39, 0.29) is 17.4 Å². The van der Waals surface area contributed by atoms with Gasteiger partial charge in [0.25, 0.3) is 5.91 Å². The molecule has 2 aromatic carbocycles. The number of hydrogen-bond donors (Lipinski definition) is 3. The summed E-state index contributed by atoms with van der Waals surface area (Å²) in [6.45, 7) is 0. The number of thioether (sulfide) groups is 1. The summed E-state index contributed by atoms with van der Waals surface area (Å²) < 4.78 is 5.54. The molecule has 0 aliphatic carbocycles. The quantitative estimate of drug-likeness (QED) is 0.314. The topological polar surface area (TPSA) is 99.6 Å². The van der Waals surface area contributed by atoms with Crippen LogP contribution in [0.1, 0.15) is 5.56 Å². The van der Waals surface area contributed by atoms with Crippen LogP contribution in [0.15, 0.2) is 51.1 Å². The smallest absolute Gasteiger partial charge is 0.250 e. The van der Waals surface area contributed by atoms with Gasteiger partial charge < -0.3 is 14.8 Å². The number of para-hydroxylation sites is 2. The maximum atomic E-state index is 11.9. The second kappa shape index (κ2) is 8.24. The number of amides is 1. The average Bonchev–Trinajstić information content (AvgIpc) is 3.05. The van der Waals surface area contributed by atoms with Crippen LogP contribution >= 0.6 is 27.7 Å². The third-order valence-corrected chi connectivity index (χ3v) is 4.86. The van der Waals surface area contributed by atoms with Crippen molar-refractivity contribution in [3.8, 4) is 11.5 Å². The van der Waals surface area contributed by atoms with E-state index in [1.807, 2.05) is 24.3 Å². The zero-order valence-electron chi connectivity index (χ0n) is 13.7. The number of benzene rings is 2. The molecule has 0 radical (unpaired) electrons. The number of phenolic OH excluding ortho intramolecular Hbond substituents is 1. The number of aromatic nitrogens is 2. The Kier molecular flexibility index (Phi) is 5.79. The number of aromatic hydroxyl groups is 1. The first-order chi connectivity index (χ1) is 12.6. The van der Waals surface area contributed by atoms with Crippen molar-refractivity contribution in [2.75, 3.05) is 12.9 Å². The van der Waals surface area contributed by atoms with E-state index in [0.717, 1.165) is 11.0 Å². The number of carbonyl (C=O) groups excluding carboxylic acids is 1. The lowest BCUT2D eigenvalue weighted by Crippen LogP contribution is -2.19. The second-order valence-electron chi connectivity index (χ2n) is 5.19. The normalized spacial score (nSPS) is 11.2. The number of phenols is 1. The first-order valence-corrected chi connectivity index (χ1v) is 9.30. The number of ether oxygens (including phenoxy) is 1. The largest absolute Gasteiger partial charge is 0.503 e. The zero-order chi connectivity index (χ0) is 18.5. The van der Waals surface area contributed by atoms with E-state index < -0.39 is 0 Å². The molecule has 7 nitrogen and oxygen atoms in total. The van der Waals surface area contributed by atoms with Gasteiger partial charge in [0, 0.05) is 0 Å². The van der Waals surface area contributed by atoms with Crippen molar-refractivity contribution in [2.24, 2.45) is 5.10 Å². The Morgan fingerprint density at radius 2 is 2.27 bits per heavy atom. The van der Waals surface area contributed by atoms with Crippen LogP contribution in [0.4, 0.5) is 0 Å². The van der Waals surface area contributed by atoms with Gasteiger partial charge in [0.1, 0.15) is 0 Å². The minimum atomic E-state index is -0.253. The molecular formula is C17H15BrN4O3S. The number of hydrogen-bond acceptors (Lipinski definition) is 6. The summed E-state index contributed by atoms with van der Waals surface area (Å²) in [5, 5.41) is 14.4. The molecule has 0 aliphatic heterocycles. The molecule has 0 spiro atoms.